The summed E-state index contributed by atoms with van der Waals surface area (Å²) < 4.78 is 12.4. The Morgan fingerprint density at radius 3 is 2.62 bits per heavy atom. The lowest BCUT2D eigenvalue weighted by atomic mass is 10.0. The summed E-state index contributed by atoms with van der Waals surface area (Å²) in [5.74, 6) is -0.440. The molecule has 3 aromatic rings. The first-order valence-electron chi connectivity index (χ1n) is 10.5. The Morgan fingerprint density at radius 1 is 1.16 bits per heavy atom. The van der Waals surface area contributed by atoms with E-state index in [-0.39, 0.29) is 36.7 Å². The van der Waals surface area contributed by atoms with Crippen LogP contribution in [0.25, 0.3) is 0 Å². The van der Waals surface area contributed by atoms with Crippen molar-refractivity contribution in [3.63, 3.8) is 0 Å². The molecule has 1 aromatic carbocycles. The van der Waals surface area contributed by atoms with E-state index in [9.17, 15) is 9.59 Å². The third-order valence-corrected chi connectivity index (χ3v) is 5.50. The normalized spacial score (nSPS) is 15.6. The number of carbonyl (C=O) groups excluding carboxylic acids is 2. The number of carbonyl (C=O) groups is 2. The lowest BCUT2D eigenvalue weighted by Gasteiger charge is -2.26. The summed E-state index contributed by atoms with van der Waals surface area (Å²) in [4.78, 5) is 27.7. The second-order valence-electron chi connectivity index (χ2n) is 7.62. The van der Waals surface area contributed by atoms with Crippen molar-refractivity contribution in [3.05, 3.63) is 84.1 Å². The van der Waals surface area contributed by atoms with E-state index >= 15 is 0 Å². The van der Waals surface area contributed by atoms with Crippen LogP contribution in [-0.2, 0) is 16.6 Å². The van der Waals surface area contributed by atoms with Gasteiger partial charge in [0.1, 0.15) is 6.54 Å². The number of methoxy groups -OCH3 is 1. The number of rotatable bonds is 8. The number of ether oxygens (including phenoxy) is 1. The average molecular weight is 434 g/mol. The van der Waals surface area contributed by atoms with Gasteiger partial charge in [0.2, 0.25) is 0 Å². The highest BCUT2D eigenvalue weighted by molar-refractivity contribution is 6.02. The van der Waals surface area contributed by atoms with Crippen LogP contribution in [0.5, 0.6) is 0 Å². The van der Waals surface area contributed by atoms with Gasteiger partial charge in [0.25, 0.3) is 11.8 Å². The van der Waals surface area contributed by atoms with E-state index < -0.39 is 0 Å². The molecule has 3 heterocycles. The summed E-state index contributed by atoms with van der Waals surface area (Å²) >= 11 is 0. The maximum absolute atomic E-state index is 13.4. The Bertz CT molecular complexity index is 1090. The molecule has 32 heavy (non-hydrogen) atoms. The third kappa shape index (κ3) is 4.50. The fraction of sp³-hybridized carbons (Fsp3) is 0.292. The van der Waals surface area contributed by atoms with Crippen LogP contribution in [0.2, 0.25) is 0 Å². The first kappa shape index (κ1) is 21.6. The zero-order chi connectivity index (χ0) is 22.5. The fourth-order valence-corrected chi connectivity index (χ4v) is 3.84. The maximum atomic E-state index is 13.4. The summed E-state index contributed by atoms with van der Waals surface area (Å²) in [5, 5.41) is 6.20. The first-order chi connectivity index (χ1) is 15.6. The van der Waals surface area contributed by atoms with E-state index in [0.717, 1.165) is 17.0 Å². The van der Waals surface area contributed by atoms with Crippen LogP contribution in [-0.4, -0.2) is 58.8 Å². The van der Waals surface area contributed by atoms with Gasteiger partial charge >= 0.3 is 0 Å². The number of hydrogen-bond acceptors (Lipinski definition) is 5. The molecule has 0 aliphatic carbocycles. The van der Waals surface area contributed by atoms with E-state index in [2.05, 4.69) is 0 Å². The van der Waals surface area contributed by atoms with E-state index in [0.29, 0.717) is 13.0 Å². The molecule has 2 aromatic heterocycles. The van der Waals surface area contributed by atoms with Crippen LogP contribution in [0.15, 0.2) is 76.6 Å². The molecule has 2 amide bonds. The average Bonchev–Trinajstić information content (AvgIpc) is 3.57. The molecule has 0 fully saturated rings. The van der Waals surface area contributed by atoms with Gasteiger partial charge in [-0.25, -0.2) is 5.01 Å². The summed E-state index contributed by atoms with van der Waals surface area (Å²) in [7, 11) is 3.51. The van der Waals surface area contributed by atoms with Crippen LogP contribution < -0.4 is 0 Å². The number of aromatic nitrogens is 1. The van der Waals surface area contributed by atoms with Crippen molar-refractivity contribution >= 4 is 17.5 Å². The smallest absolute Gasteiger partial charge is 0.290 e. The predicted molar refractivity (Wildman–Crippen MR) is 119 cm³/mol. The zero-order valence-electron chi connectivity index (χ0n) is 18.2. The van der Waals surface area contributed by atoms with Crippen molar-refractivity contribution in [2.45, 2.75) is 12.5 Å². The van der Waals surface area contributed by atoms with Gasteiger partial charge in [-0.2, -0.15) is 5.10 Å². The Kier molecular flexibility index (Phi) is 6.51. The third-order valence-electron chi connectivity index (χ3n) is 5.50. The molecule has 0 N–H and O–H groups in total. The Balaban J connectivity index is 1.60. The summed E-state index contributed by atoms with van der Waals surface area (Å²) in [6.45, 7) is 0.440. The van der Waals surface area contributed by atoms with Crippen molar-refractivity contribution in [1.82, 2.24) is 14.5 Å². The minimum atomic E-state index is -0.359. The fourth-order valence-electron chi connectivity index (χ4n) is 3.84. The standard InChI is InChI=1S/C24H26N4O4/c1-26-12-6-10-20(26)19-16-21(18-8-4-3-5-9-18)28(25-19)23(29)17-27(13-15-31-2)24(30)22-11-7-14-32-22/h3-12,14,21H,13,15-17H2,1-2H3/t21-/m1/s1. The van der Waals surface area contributed by atoms with Gasteiger partial charge in [-0.1, -0.05) is 30.3 Å². The van der Waals surface area contributed by atoms with Crippen molar-refractivity contribution < 1.29 is 18.7 Å². The van der Waals surface area contributed by atoms with Crippen molar-refractivity contribution in [2.24, 2.45) is 12.1 Å². The Labute approximate surface area is 186 Å². The molecule has 0 bridgehead atoms. The van der Waals surface area contributed by atoms with Crippen LogP contribution >= 0.6 is 0 Å². The molecule has 1 aliphatic rings. The second kappa shape index (κ2) is 9.65. The summed E-state index contributed by atoms with van der Waals surface area (Å²) in [6, 6.07) is 16.8. The number of amides is 2. The van der Waals surface area contributed by atoms with Gasteiger partial charge in [-0.15, -0.1) is 0 Å². The highest BCUT2D eigenvalue weighted by atomic mass is 16.5. The van der Waals surface area contributed by atoms with Gasteiger partial charge < -0.3 is 18.6 Å². The minimum Gasteiger partial charge on any atom is -0.459 e. The topological polar surface area (TPSA) is 80.3 Å². The molecule has 166 valence electrons. The molecule has 0 saturated heterocycles. The van der Waals surface area contributed by atoms with Gasteiger partial charge in [-0.05, 0) is 29.8 Å². The highest BCUT2D eigenvalue weighted by Gasteiger charge is 2.35. The number of hydrazone groups is 1. The van der Waals surface area contributed by atoms with Crippen LogP contribution in [0, 0.1) is 0 Å². The molecule has 0 saturated carbocycles. The number of benzene rings is 1. The van der Waals surface area contributed by atoms with E-state index in [1.54, 1.807) is 19.2 Å². The molecule has 8 nitrogen and oxygen atoms in total. The van der Waals surface area contributed by atoms with Crippen LogP contribution in [0.4, 0.5) is 0 Å². The molecule has 0 radical (unpaired) electrons. The first-order valence-corrected chi connectivity index (χ1v) is 10.5. The van der Waals surface area contributed by atoms with Gasteiger partial charge in [0, 0.05) is 33.3 Å². The van der Waals surface area contributed by atoms with E-state index in [1.165, 1.54) is 16.2 Å². The Morgan fingerprint density at radius 2 is 1.97 bits per heavy atom. The molecule has 8 heteroatoms. The summed E-state index contributed by atoms with van der Waals surface area (Å²) in [5.41, 5.74) is 2.79. The van der Waals surface area contributed by atoms with Gasteiger partial charge in [0.05, 0.1) is 30.3 Å². The summed E-state index contributed by atoms with van der Waals surface area (Å²) in [6.07, 6.45) is 3.98. The van der Waals surface area contributed by atoms with Gasteiger partial charge in [0.15, 0.2) is 5.76 Å². The lowest BCUT2D eigenvalue weighted by molar-refractivity contribution is -0.133. The second-order valence-corrected chi connectivity index (χ2v) is 7.62. The van der Waals surface area contributed by atoms with Gasteiger partial charge in [-0.3, -0.25) is 9.59 Å². The Hall–Kier alpha value is -3.65. The largest absolute Gasteiger partial charge is 0.459 e. The SMILES string of the molecule is COCCN(CC(=O)N1N=C(c2cccn2C)C[C@@H]1c1ccccc1)C(=O)c1ccco1. The minimum absolute atomic E-state index is 0.129. The van der Waals surface area contributed by atoms with Crippen LogP contribution in [0.1, 0.15) is 34.3 Å². The lowest BCUT2D eigenvalue weighted by Crippen LogP contribution is -2.42. The maximum Gasteiger partial charge on any atom is 0.290 e. The molecule has 0 unspecified atom stereocenters. The molecular formula is C24H26N4O4. The van der Waals surface area contributed by atoms with Crippen LogP contribution in [0.3, 0.4) is 0 Å². The number of aryl methyl sites for hydroxylation is 1. The van der Waals surface area contributed by atoms with Crippen molar-refractivity contribution in [1.29, 1.82) is 0 Å². The van der Waals surface area contributed by atoms with Crippen molar-refractivity contribution in [2.75, 3.05) is 26.8 Å². The molecule has 0 spiro atoms. The molecule has 1 aliphatic heterocycles. The number of nitrogens with zero attached hydrogens (tertiary/aromatic N) is 4. The number of furan rings is 1. The molecule has 4 rings (SSSR count). The molecular weight excluding hydrogens is 408 g/mol. The van der Waals surface area contributed by atoms with E-state index in [4.69, 9.17) is 14.3 Å². The molecule has 1 atom stereocenters. The predicted octanol–water partition coefficient (Wildman–Crippen LogP) is 3.08. The monoisotopic (exact) mass is 434 g/mol. The number of hydrogen-bond donors (Lipinski definition) is 0. The quantitative estimate of drug-likeness (QED) is 0.546. The van der Waals surface area contributed by atoms with E-state index in [1.807, 2.05) is 60.3 Å². The zero-order valence-corrected chi connectivity index (χ0v) is 18.2. The van der Waals surface area contributed by atoms with Crippen molar-refractivity contribution in [3.8, 4) is 0 Å². The highest BCUT2D eigenvalue weighted by Crippen LogP contribution is 2.32.